The van der Waals surface area contributed by atoms with Gasteiger partial charge in [-0.15, -0.1) is 0 Å². The van der Waals surface area contributed by atoms with Crippen LogP contribution in [-0.2, 0) is 0 Å². The third-order valence-electron chi connectivity index (χ3n) is 5.57. The maximum Gasteiger partial charge on any atom is 0.0857 e. The van der Waals surface area contributed by atoms with Gasteiger partial charge in [0.25, 0.3) is 0 Å². The van der Waals surface area contributed by atoms with E-state index in [2.05, 4.69) is 88.7 Å². The minimum atomic E-state index is 0.187. The Morgan fingerprint density at radius 1 is 0.577 bits per heavy atom. The van der Waals surface area contributed by atoms with Crippen LogP contribution in [0.1, 0.15) is 17.2 Å². The molecule has 1 atom stereocenters. The van der Waals surface area contributed by atoms with Crippen molar-refractivity contribution in [3.8, 4) is 22.3 Å². The molecule has 0 amide bonds. The summed E-state index contributed by atoms with van der Waals surface area (Å²) in [5.74, 6) is 0. The number of benzene rings is 3. The van der Waals surface area contributed by atoms with Crippen LogP contribution >= 0.6 is 0 Å². The third-order valence-corrected chi connectivity index (χ3v) is 5.57. The number of fused-ring (bicyclic) bond motifs is 11. The first-order chi connectivity index (χ1) is 12.9. The maximum atomic E-state index is 4.41. The molecule has 2 aliphatic rings. The summed E-state index contributed by atoms with van der Waals surface area (Å²) >= 11 is 0. The van der Waals surface area contributed by atoms with Crippen molar-refractivity contribution in [1.29, 1.82) is 0 Å². The molecular weight excluding hydrogens is 316 g/mol. The van der Waals surface area contributed by atoms with Gasteiger partial charge in [-0.2, -0.15) is 0 Å². The van der Waals surface area contributed by atoms with E-state index in [0.717, 1.165) is 0 Å². The van der Waals surface area contributed by atoms with Crippen LogP contribution < -0.4 is 4.90 Å². The second kappa shape index (κ2) is 5.06. The largest absolute Gasteiger partial charge is 0.329 e. The fraction of sp³-hybridized carbons (Fsp3) is 0.0417. The lowest BCUT2D eigenvalue weighted by Crippen LogP contribution is -2.32. The Labute approximate surface area is 152 Å². The third kappa shape index (κ3) is 1.68. The van der Waals surface area contributed by atoms with Crippen molar-refractivity contribution < 1.29 is 0 Å². The lowest BCUT2D eigenvalue weighted by atomic mass is 9.79. The quantitative estimate of drug-likeness (QED) is 0.394. The summed E-state index contributed by atoms with van der Waals surface area (Å²) in [4.78, 5) is 6.89. The van der Waals surface area contributed by atoms with E-state index in [9.17, 15) is 0 Å². The monoisotopic (exact) mass is 332 g/mol. The van der Waals surface area contributed by atoms with Crippen molar-refractivity contribution in [1.82, 2.24) is 4.98 Å². The number of aromatic nitrogens is 1. The molecule has 0 saturated carbocycles. The van der Waals surface area contributed by atoms with Crippen molar-refractivity contribution in [2.24, 2.45) is 0 Å². The maximum absolute atomic E-state index is 4.41. The summed E-state index contributed by atoms with van der Waals surface area (Å²) in [5.41, 5.74) is 10.3. The van der Waals surface area contributed by atoms with Gasteiger partial charge < -0.3 is 4.90 Å². The Bertz CT molecular complexity index is 978. The lowest BCUT2D eigenvalue weighted by Gasteiger charge is -2.44. The summed E-state index contributed by atoms with van der Waals surface area (Å²) in [6.07, 6.45) is 3.89. The Balaban J connectivity index is 1.77. The SMILES string of the molecule is c1ccc2c(c1)-c1ccccc1N1c3ccncc3-c3ccccc3C21. The van der Waals surface area contributed by atoms with E-state index in [0.29, 0.717) is 0 Å². The fourth-order valence-electron chi connectivity index (χ4n) is 4.53. The molecule has 1 unspecified atom stereocenters. The smallest absolute Gasteiger partial charge is 0.0857 e. The zero-order valence-electron chi connectivity index (χ0n) is 14.1. The number of hydrogen-bond donors (Lipinski definition) is 0. The molecule has 1 aromatic heterocycles. The molecule has 0 saturated heterocycles. The van der Waals surface area contributed by atoms with E-state index < -0.39 is 0 Å². The van der Waals surface area contributed by atoms with E-state index in [4.69, 9.17) is 0 Å². The Kier molecular flexibility index (Phi) is 2.69. The van der Waals surface area contributed by atoms with Crippen LogP contribution in [0.5, 0.6) is 0 Å². The Morgan fingerprint density at radius 3 is 1.92 bits per heavy atom. The second-order valence-electron chi connectivity index (χ2n) is 6.86. The minimum Gasteiger partial charge on any atom is -0.329 e. The summed E-state index contributed by atoms with van der Waals surface area (Å²) in [5, 5.41) is 0. The number of rotatable bonds is 0. The molecule has 0 aliphatic carbocycles. The van der Waals surface area contributed by atoms with Gasteiger partial charge in [-0.1, -0.05) is 66.7 Å². The normalized spacial score (nSPS) is 16.0. The standard InChI is InChI=1S/C24H16N2/c1-3-10-19-16(7-1)18-9-5-6-12-22(18)26-23-13-14-25-15-21(23)17-8-2-4-11-20(17)24(19)26/h1-15,24H. The Morgan fingerprint density at radius 2 is 1.15 bits per heavy atom. The summed E-state index contributed by atoms with van der Waals surface area (Å²) in [6.45, 7) is 0. The lowest BCUT2D eigenvalue weighted by molar-refractivity contribution is 0.801. The highest BCUT2D eigenvalue weighted by Gasteiger charge is 2.38. The predicted octanol–water partition coefficient (Wildman–Crippen LogP) is 5.97. The molecule has 2 nitrogen and oxygen atoms in total. The average Bonchev–Trinajstić information content (AvgIpc) is 2.73. The molecule has 0 bridgehead atoms. The number of anilines is 2. The molecule has 0 spiro atoms. The average molecular weight is 332 g/mol. The summed E-state index contributed by atoms with van der Waals surface area (Å²) in [6, 6.07) is 28.6. The molecule has 0 N–H and O–H groups in total. The number of para-hydroxylation sites is 1. The van der Waals surface area contributed by atoms with E-state index in [-0.39, 0.29) is 6.04 Å². The highest BCUT2D eigenvalue weighted by atomic mass is 15.2. The molecular formula is C24H16N2. The highest BCUT2D eigenvalue weighted by molar-refractivity contribution is 5.96. The zero-order valence-corrected chi connectivity index (χ0v) is 14.1. The van der Waals surface area contributed by atoms with Crippen LogP contribution in [0.2, 0.25) is 0 Å². The van der Waals surface area contributed by atoms with Crippen molar-refractivity contribution in [3.05, 3.63) is 102 Å². The van der Waals surface area contributed by atoms with Crippen molar-refractivity contribution in [2.45, 2.75) is 6.04 Å². The molecule has 2 aliphatic heterocycles. The first-order valence-corrected chi connectivity index (χ1v) is 8.94. The van der Waals surface area contributed by atoms with Gasteiger partial charge in [0.2, 0.25) is 0 Å². The van der Waals surface area contributed by atoms with Crippen molar-refractivity contribution in [2.75, 3.05) is 4.90 Å². The topological polar surface area (TPSA) is 16.1 Å². The molecule has 122 valence electrons. The molecule has 6 rings (SSSR count). The van der Waals surface area contributed by atoms with Crippen LogP contribution in [-0.4, -0.2) is 4.98 Å². The van der Waals surface area contributed by atoms with Gasteiger partial charge in [-0.25, -0.2) is 0 Å². The molecule has 0 fully saturated rings. The molecule has 3 heterocycles. The molecule has 3 aromatic carbocycles. The van der Waals surface area contributed by atoms with E-state index >= 15 is 0 Å². The summed E-state index contributed by atoms with van der Waals surface area (Å²) in [7, 11) is 0. The number of hydrogen-bond acceptors (Lipinski definition) is 2. The first-order valence-electron chi connectivity index (χ1n) is 8.94. The van der Waals surface area contributed by atoms with Gasteiger partial charge in [0.05, 0.1) is 11.7 Å². The zero-order chi connectivity index (χ0) is 17.1. The van der Waals surface area contributed by atoms with Gasteiger partial charge >= 0.3 is 0 Å². The van der Waals surface area contributed by atoms with Crippen LogP contribution in [0.25, 0.3) is 22.3 Å². The first kappa shape index (κ1) is 13.9. The van der Waals surface area contributed by atoms with E-state index in [1.807, 2.05) is 12.4 Å². The molecule has 0 radical (unpaired) electrons. The van der Waals surface area contributed by atoms with Gasteiger partial charge in [0.1, 0.15) is 0 Å². The van der Waals surface area contributed by atoms with Gasteiger partial charge in [0.15, 0.2) is 0 Å². The van der Waals surface area contributed by atoms with Gasteiger partial charge in [-0.05, 0) is 34.4 Å². The van der Waals surface area contributed by atoms with Crippen molar-refractivity contribution >= 4 is 11.4 Å². The molecule has 26 heavy (non-hydrogen) atoms. The number of pyridine rings is 1. The van der Waals surface area contributed by atoms with E-state index in [1.165, 1.54) is 44.8 Å². The second-order valence-corrected chi connectivity index (χ2v) is 6.86. The molecule has 2 heteroatoms. The fourth-order valence-corrected chi connectivity index (χ4v) is 4.53. The van der Waals surface area contributed by atoms with Crippen LogP contribution in [0, 0.1) is 0 Å². The van der Waals surface area contributed by atoms with E-state index in [1.54, 1.807) is 0 Å². The highest BCUT2D eigenvalue weighted by Crippen LogP contribution is 2.56. The van der Waals surface area contributed by atoms with Gasteiger partial charge in [-0.3, -0.25) is 4.98 Å². The van der Waals surface area contributed by atoms with Gasteiger partial charge in [0, 0.05) is 29.2 Å². The Hall–Kier alpha value is -3.39. The van der Waals surface area contributed by atoms with Crippen LogP contribution in [0.4, 0.5) is 11.4 Å². The van der Waals surface area contributed by atoms with Crippen LogP contribution in [0.3, 0.4) is 0 Å². The molecule has 4 aromatic rings. The van der Waals surface area contributed by atoms with Crippen molar-refractivity contribution in [3.63, 3.8) is 0 Å². The summed E-state index contributed by atoms with van der Waals surface area (Å²) < 4.78 is 0. The minimum absolute atomic E-state index is 0.187. The predicted molar refractivity (Wildman–Crippen MR) is 106 cm³/mol. The number of nitrogens with zero attached hydrogens (tertiary/aromatic N) is 2. The van der Waals surface area contributed by atoms with Crippen LogP contribution in [0.15, 0.2) is 91.3 Å².